The molecule has 0 saturated carbocycles. The normalized spacial score (nSPS) is 20.4. The van der Waals surface area contributed by atoms with Crippen LogP contribution in [-0.4, -0.2) is 257 Å². The number of amides is 3. The maximum Gasteiger partial charge on any atom is 0.318 e. The maximum atomic E-state index is 13.9. The number of ether oxygens (including phenoxy) is 3. The lowest BCUT2D eigenvalue weighted by Crippen LogP contribution is -2.55. The fourth-order valence-electron chi connectivity index (χ4n) is 21.3. The number of benzene rings is 5. The van der Waals surface area contributed by atoms with E-state index in [4.69, 9.17) is 44.1 Å². The number of pyridine rings is 1. The average Bonchev–Trinajstić information content (AvgIpc) is 1.71. The van der Waals surface area contributed by atoms with E-state index >= 15 is 0 Å². The van der Waals surface area contributed by atoms with Gasteiger partial charge < -0.3 is 63.2 Å². The number of nitrogens with zero attached hydrogens (tertiary/aromatic N) is 22. The van der Waals surface area contributed by atoms with E-state index in [0.29, 0.717) is 121 Å². The number of anilines is 6. The number of fused-ring (bicyclic) bond motifs is 6. The summed E-state index contributed by atoms with van der Waals surface area (Å²) in [5.74, 6) is -2.37. The molecule has 4 aromatic heterocycles. The van der Waals surface area contributed by atoms with Gasteiger partial charge in [0, 0.05) is 166 Å². The quantitative estimate of drug-likeness (QED) is 0.0604. The van der Waals surface area contributed by atoms with Crippen LogP contribution in [-0.2, 0) is 53.3 Å². The van der Waals surface area contributed by atoms with Crippen molar-refractivity contribution in [3.8, 4) is 36.2 Å². The minimum absolute atomic E-state index is 0. The van der Waals surface area contributed by atoms with Crippen LogP contribution in [0.5, 0.6) is 18.0 Å². The predicted molar refractivity (Wildman–Crippen MR) is 579 cm³/mol. The Morgan fingerprint density at radius 1 is 0.446 bits per heavy atom. The second kappa shape index (κ2) is 49.4. The lowest BCUT2D eigenvalue weighted by molar-refractivity contribution is -0.132. The molecule has 3 amide bonds. The highest BCUT2D eigenvalue weighted by atomic mass is 32.1. The fourth-order valence-corrected chi connectivity index (χ4v) is 21.3. The first kappa shape index (κ1) is 112. The zero-order chi connectivity index (χ0) is 92.9. The third kappa shape index (κ3) is 25.1. The van der Waals surface area contributed by atoms with Gasteiger partial charge in [-0.05, 0) is 139 Å². The third-order valence-corrected chi connectivity index (χ3v) is 27.9. The number of carbonyl (C=O) groups is 3. The van der Waals surface area contributed by atoms with Gasteiger partial charge in [0.15, 0.2) is 17.5 Å². The first-order valence-electron chi connectivity index (χ1n) is 46.2. The van der Waals surface area contributed by atoms with E-state index in [1.54, 1.807) is 0 Å². The number of halogens is 3. The van der Waals surface area contributed by atoms with Crippen molar-refractivity contribution in [1.29, 1.82) is 15.8 Å². The molecule has 5 aromatic carbocycles. The highest BCUT2D eigenvalue weighted by molar-refractivity contribution is 7.60. The number of carbonyl (C=O) groups excluding carboxylic acids is 3. The predicted octanol–water partition coefficient (Wildman–Crippen LogP) is 14.2. The molecule has 9 aliphatic heterocycles. The van der Waals surface area contributed by atoms with E-state index < -0.39 is 53.3 Å². The Morgan fingerprint density at radius 3 is 1.22 bits per heavy atom. The van der Waals surface area contributed by atoms with Crippen molar-refractivity contribution in [2.75, 3.05) is 169 Å². The van der Waals surface area contributed by atoms with Crippen molar-refractivity contribution in [2.24, 2.45) is 11.3 Å². The topological polar surface area (TPSA) is 279 Å². The lowest BCUT2D eigenvalue weighted by Gasteiger charge is -2.42. The van der Waals surface area contributed by atoms with Gasteiger partial charge in [0.25, 0.3) is 17.7 Å². The smallest absolute Gasteiger partial charge is 0.318 e. The lowest BCUT2D eigenvalue weighted by atomic mass is 9.91. The summed E-state index contributed by atoms with van der Waals surface area (Å²) in [7, 11) is 6.37. The number of likely N-dealkylation sites (N-methyl/N-ethyl adjacent to an activating group) is 3. The summed E-state index contributed by atoms with van der Waals surface area (Å²) in [6.07, 6.45) is 8.66. The summed E-state index contributed by atoms with van der Waals surface area (Å²) < 4.78 is 60.4. The number of aromatic nitrogens is 7. The highest BCUT2D eigenvalue weighted by Gasteiger charge is 2.42. The van der Waals surface area contributed by atoms with E-state index in [-0.39, 0.29) is 145 Å². The van der Waals surface area contributed by atoms with E-state index in [1.165, 1.54) is 58.7 Å². The van der Waals surface area contributed by atoms with Crippen LogP contribution in [0.25, 0.3) is 32.3 Å². The SMILES string of the molecule is C=C(F)C(=O)N1CCN(c2nc(OC[C@@H]3CC(C)(C)CN3C)nc3c2CCN(c2cccc4cccc(C)c24)C3)C[C@@H]1CC#N.C=C(F)C(=O)N1CCN(c2nc(OC[C@@H]3CCCN3C)nc3c2CCN(c2c(C)ncc4ccccc24)C3)C[C@@H]1CC#N.C=C(F)C(=O)N1CCN(c2nc(OC[C@@H]3C[C@H](C)CN3C)nc3c2CCN(c2cccc4cccc(C)c24)C3)C[C@@H]1CC#N.S.S.S.S.S.S.S. The number of piperazine rings is 3. The molecule has 9 aromatic rings. The maximum absolute atomic E-state index is 13.9. The van der Waals surface area contributed by atoms with Crippen LogP contribution in [0.3, 0.4) is 0 Å². The molecule has 18 rings (SSSR count). The Labute approximate surface area is 863 Å². The Hall–Kier alpha value is -10.3. The van der Waals surface area contributed by atoms with Gasteiger partial charge in [-0.25, -0.2) is 13.2 Å². The molecule has 0 aliphatic carbocycles. The monoisotopic (exact) mass is 2030 g/mol. The minimum Gasteiger partial charge on any atom is -0.462 e. The Bertz CT molecular complexity index is 6050. The molecule has 7 atom stereocenters. The van der Waals surface area contributed by atoms with Crippen LogP contribution in [0, 0.1) is 66.1 Å². The van der Waals surface area contributed by atoms with Crippen molar-refractivity contribution in [3.63, 3.8) is 0 Å². The van der Waals surface area contributed by atoms with Gasteiger partial charge in [-0.1, -0.05) is 125 Å². The van der Waals surface area contributed by atoms with Crippen LogP contribution >= 0.6 is 94.5 Å². The van der Waals surface area contributed by atoms with Gasteiger partial charge in [-0.2, -0.15) is 140 Å². The number of hydrogen-bond donors (Lipinski definition) is 0. The molecule has 746 valence electrons. The van der Waals surface area contributed by atoms with E-state index in [1.807, 2.05) is 19.2 Å². The van der Waals surface area contributed by atoms with Crippen molar-refractivity contribution in [3.05, 3.63) is 191 Å². The zero-order valence-corrected chi connectivity index (χ0v) is 87.8. The highest BCUT2D eigenvalue weighted by Crippen LogP contribution is 2.43. The van der Waals surface area contributed by atoms with Gasteiger partial charge in [-0.15, -0.1) is 0 Å². The van der Waals surface area contributed by atoms with E-state index in [9.17, 15) is 43.3 Å². The van der Waals surface area contributed by atoms with Gasteiger partial charge in [0.2, 0.25) is 0 Å². The van der Waals surface area contributed by atoms with Gasteiger partial charge in [0.05, 0.1) is 104 Å². The molecular weight excluding hydrogens is 1900 g/mol. The molecule has 0 spiro atoms. The van der Waals surface area contributed by atoms with Gasteiger partial charge >= 0.3 is 18.0 Å². The first-order valence-corrected chi connectivity index (χ1v) is 46.2. The summed E-state index contributed by atoms with van der Waals surface area (Å²) in [6, 6.07) is 40.9. The van der Waals surface area contributed by atoms with Gasteiger partial charge in [0.1, 0.15) is 37.3 Å². The summed E-state index contributed by atoms with van der Waals surface area (Å²) in [4.78, 5) is 96.7. The molecule has 28 nitrogen and oxygen atoms in total. The van der Waals surface area contributed by atoms with Crippen molar-refractivity contribution in [2.45, 2.75) is 162 Å². The van der Waals surface area contributed by atoms with E-state index in [2.05, 4.69) is 234 Å². The second-order valence-electron chi connectivity index (χ2n) is 37.6. The van der Waals surface area contributed by atoms with Gasteiger partial charge in [-0.3, -0.25) is 29.2 Å². The minimum atomic E-state index is -1.01. The van der Waals surface area contributed by atoms with E-state index in [0.717, 1.165) is 151 Å². The van der Waals surface area contributed by atoms with Crippen molar-refractivity contribution in [1.82, 2.24) is 64.3 Å². The second-order valence-corrected chi connectivity index (χ2v) is 37.6. The summed E-state index contributed by atoms with van der Waals surface area (Å²) in [5, 5.41) is 35.7. The average molecular weight is 2030 g/mol. The number of rotatable bonds is 21. The number of hydrogen-bond acceptors (Lipinski definition) is 25. The molecule has 6 saturated heterocycles. The third-order valence-electron chi connectivity index (χ3n) is 27.9. The Morgan fingerprint density at radius 2 is 0.835 bits per heavy atom. The molecule has 6 fully saturated rings. The molecule has 13 heterocycles. The molecule has 0 radical (unpaired) electrons. The number of nitriles is 3. The van der Waals surface area contributed by atoms with Crippen molar-refractivity contribution >= 4 is 179 Å². The van der Waals surface area contributed by atoms with Crippen LogP contribution in [0.2, 0.25) is 0 Å². The van der Waals surface area contributed by atoms with Crippen LogP contribution in [0.1, 0.15) is 116 Å². The molecule has 38 heteroatoms. The summed E-state index contributed by atoms with van der Waals surface area (Å²) in [5.41, 5.74) is 13.0. The molecule has 139 heavy (non-hydrogen) atoms. The molecule has 0 N–H and O–H groups in total. The standard InChI is InChI=1S/C35H42FN7O2.C34H40FN7O2.C32H37FN8O2.7H2S/c1-23-8-6-9-25-10-7-11-30(31(23)25)41-15-13-28-29(20-41)38-34(45-21-27-18-35(3,4)22-40(27)5)39-32(28)42-16-17-43(33(44)24(2)36)26(19-42)12-14-37;1-22-17-27(39(4)18-22)21-44-34-37-29-20-40(30-10-6-9-25-8-5-7-23(2)31(25)30)14-12-28(29)32(38-34)41-15-16-42(33(43)24(3)35)26(19-41)11-13-36;1-21(33)31(42)41-16-15-40(18-24(41)10-12-34)30-27-11-14-39(29-22(2)35-17-23-7-4-5-9-26(23)29)19-28(27)36-32(37-30)43-20-25-8-6-13-38(25)3;;;;;;;/h6-11,26-27H,2,12-13,15-22H2,1,3-5H3;5-10,22,26-27H,3,11-12,14-21H2,1-2,4H3;4-5,7,9,17,24-25H,1,6,8,10-11,13-16,18-20H2,2-3H3;7*1H2/t26-,27-;22-,26-,27-;24-,25-;;;;;;;/m000......./s1. The molecular formula is C101H133F3N22O6S7. The summed E-state index contributed by atoms with van der Waals surface area (Å²) in [6.45, 7) is 34.7. The number of likely N-dealkylation sites (tertiary alicyclic amines) is 3. The van der Waals surface area contributed by atoms with Crippen molar-refractivity contribution < 1.29 is 41.8 Å². The Balaban J connectivity index is 0.000000228. The largest absolute Gasteiger partial charge is 0.462 e. The number of aryl methyl sites for hydroxylation is 3. The van der Waals surface area contributed by atoms with Crippen LogP contribution < -0.4 is 43.6 Å². The Kier molecular flexibility index (Phi) is 39.9. The molecule has 0 unspecified atom stereocenters. The summed E-state index contributed by atoms with van der Waals surface area (Å²) >= 11 is 0. The molecule has 0 bridgehead atoms. The fraction of sp³-hybridized carbons (Fsp3) is 0.475. The van der Waals surface area contributed by atoms with Crippen LogP contribution in [0.4, 0.5) is 47.7 Å². The molecule has 9 aliphatic rings. The zero-order valence-electron chi connectivity index (χ0n) is 80.8. The van der Waals surface area contributed by atoms with Crippen LogP contribution in [0.15, 0.2) is 140 Å². The first-order chi connectivity index (χ1) is 63.6.